The summed E-state index contributed by atoms with van der Waals surface area (Å²) in [6.07, 6.45) is 2.98. The van der Waals surface area contributed by atoms with Crippen LogP contribution in [0.4, 0.5) is 0 Å². The average molecular weight is 460 g/mol. The molecule has 26 heavy (non-hydrogen) atoms. The highest BCUT2D eigenvalue weighted by Crippen LogP contribution is 2.36. The summed E-state index contributed by atoms with van der Waals surface area (Å²) in [6, 6.07) is 9.16. The molecule has 138 valence electrons. The molecule has 0 aliphatic heterocycles. The maximum absolute atomic E-state index is 12.2. The Morgan fingerprint density at radius 3 is 2.62 bits per heavy atom. The lowest BCUT2D eigenvalue weighted by molar-refractivity contribution is 0.324. The summed E-state index contributed by atoms with van der Waals surface area (Å²) in [5.74, 6) is 0.995. The lowest BCUT2D eigenvalue weighted by atomic mass is 10.2. The Labute approximate surface area is 165 Å². The van der Waals surface area contributed by atoms with Crippen LogP contribution in [0.3, 0.4) is 0 Å². The van der Waals surface area contributed by atoms with Gasteiger partial charge in [-0.05, 0) is 57.9 Å². The standard InChI is InChI=1S/C17H16BrClN2O4S/c1-3-8-25-17-15(18)9-12(10-16(17)24-2)11-20-21-26(22,23)14-6-4-13(19)5-7-14/h3-7,9-11,21H,1,8H2,2H3/b20-11-. The van der Waals surface area contributed by atoms with Crippen LogP contribution in [-0.4, -0.2) is 28.3 Å². The fraction of sp³-hybridized carbons (Fsp3) is 0.118. The molecule has 0 aliphatic rings. The largest absolute Gasteiger partial charge is 0.493 e. The van der Waals surface area contributed by atoms with Gasteiger partial charge >= 0.3 is 0 Å². The molecule has 0 fully saturated rings. The van der Waals surface area contributed by atoms with Gasteiger partial charge in [0.05, 0.1) is 22.7 Å². The van der Waals surface area contributed by atoms with E-state index in [0.717, 1.165) is 0 Å². The Bertz CT molecular complexity index is 915. The van der Waals surface area contributed by atoms with Crippen LogP contribution in [0.2, 0.25) is 5.02 Å². The molecule has 2 aromatic rings. The van der Waals surface area contributed by atoms with Crippen molar-refractivity contribution >= 4 is 43.8 Å². The minimum absolute atomic E-state index is 0.0611. The molecular weight excluding hydrogens is 444 g/mol. The molecule has 6 nitrogen and oxygen atoms in total. The number of nitrogens with one attached hydrogen (secondary N) is 1. The number of halogens is 2. The number of rotatable bonds is 8. The van der Waals surface area contributed by atoms with Gasteiger partial charge in [0.2, 0.25) is 0 Å². The third-order valence-corrected chi connectivity index (χ3v) is 5.19. The monoisotopic (exact) mass is 458 g/mol. The van der Waals surface area contributed by atoms with E-state index in [1.54, 1.807) is 18.2 Å². The van der Waals surface area contributed by atoms with Gasteiger partial charge in [-0.15, -0.1) is 0 Å². The second-order valence-electron chi connectivity index (χ2n) is 4.94. The Hall–Kier alpha value is -2.03. The van der Waals surface area contributed by atoms with E-state index < -0.39 is 10.0 Å². The van der Waals surface area contributed by atoms with Gasteiger partial charge in [-0.3, -0.25) is 0 Å². The van der Waals surface area contributed by atoms with Crippen LogP contribution in [0, 0.1) is 0 Å². The summed E-state index contributed by atoms with van der Waals surface area (Å²) < 4.78 is 35.8. The number of hydrogen-bond acceptors (Lipinski definition) is 5. The molecule has 0 atom stereocenters. The highest BCUT2D eigenvalue weighted by atomic mass is 79.9. The first kappa shape index (κ1) is 20.3. The van der Waals surface area contributed by atoms with Crippen LogP contribution in [-0.2, 0) is 10.0 Å². The molecular formula is C17H16BrClN2O4S. The Kier molecular flexibility index (Phi) is 7.07. The number of ether oxygens (including phenoxy) is 2. The van der Waals surface area contributed by atoms with Gasteiger partial charge in [0.15, 0.2) is 11.5 Å². The third kappa shape index (κ3) is 5.23. The van der Waals surface area contributed by atoms with E-state index in [4.69, 9.17) is 21.1 Å². The van der Waals surface area contributed by atoms with Gasteiger partial charge in [0, 0.05) is 5.02 Å². The van der Waals surface area contributed by atoms with Crippen molar-refractivity contribution in [1.29, 1.82) is 0 Å². The SMILES string of the molecule is C=CCOc1c(Br)cc(/C=N\NS(=O)(=O)c2ccc(Cl)cc2)cc1OC. The molecule has 0 bridgehead atoms. The van der Waals surface area contributed by atoms with Crippen molar-refractivity contribution in [1.82, 2.24) is 4.83 Å². The lowest BCUT2D eigenvalue weighted by Crippen LogP contribution is -2.18. The first-order valence-electron chi connectivity index (χ1n) is 7.29. The van der Waals surface area contributed by atoms with Crippen LogP contribution in [0.5, 0.6) is 11.5 Å². The Morgan fingerprint density at radius 2 is 2.00 bits per heavy atom. The van der Waals surface area contributed by atoms with Crippen molar-refractivity contribution in [3.05, 3.63) is 64.1 Å². The minimum Gasteiger partial charge on any atom is -0.493 e. The second kappa shape index (κ2) is 9.07. The van der Waals surface area contributed by atoms with Gasteiger partial charge in [-0.25, -0.2) is 4.83 Å². The third-order valence-electron chi connectivity index (χ3n) is 3.11. The highest BCUT2D eigenvalue weighted by molar-refractivity contribution is 9.10. The van der Waals surface area contributed by atoms with Crippen LogP contribution in [0.15, 0.2) is 63.5 Å². The molecule has 0 unspecified atom stereocenters. The van der Waals surface area contributed by atoms with Crippen molar-refractivity contribution in [2.24, 2.45) is 5.10 Å². The van der Waals surface area contributed by atoms with Gasteiger partial charge < -0.3 is 9.47 Å². The van der Waals surface area contributed by atoms with Crippen LogP contribution in [0.25, 0.3) is 0 Å². The zero-order valence-corrected chi connectivity index (χ0v) is 16.9. The smallest absolute Gasteiger partial charge is 0.276 e. The first-order chi connectivity index (χ1) is 12.4. The lowest BCUT2D eigenvalue weighted by Gasteiger charge is -2.12. The zero-order chi connectivity index (χ0) is 19.2. The molecule has 0 amide bonds. The number of hydrazone groups is 1. The number of hydrogen-bond donors (Lipinski definition) is 1. The minimum atomic E-state index is -3.78. The maximum Gasteiger partial charge on any atom is 0.276 e. The van der Waals surface area contributed by atoms with Crippen molar-refractivity contribution in [3.63, 3.8) is 0 Å². The number of benzene rings is 2. The molecule has 0 aliphatic carbocycles. The zero-order valence-electron chi connectivity index (χ0n) is 13.8. The molecule has 1 N–H and O–H groups in total. The van der Waals surface area contributed by atoms with Crippen LogP contribution in [0.1, 0.15) is 5.56 Å². The molecule has 0 spiro atoms. The summed E-state index contributed by atoms with van der Waals surface area (Å²) in [4.78, 5) is 2.21. The summed E-state index contributed by atoms with van der Waals surface area (Å²) in [7, 11) is -2.27. The second-order valence-corrected chi connectivity index (χ2v) is 7.89. The van der Waals surface area contributed by atoms with E-state index in [-0.39, 0.29) is 4.90 Å². The molecule has 0 saturated carbocycles. The summed E-state index contributed by atoms with van der Waals surface area (Å²) in [6.45, 7) is 3.92. The van der Waals surface area contributed by atoms with Crippen LogP contribution >= 0.6 is 27.5 Å². The van der Waals surface area contributed by atoms with E-state index in [1.807, 2.05) is 0 Å². The van der Waals surface area contributed by atoms with E-state index in [0.29, 0.717) is 33.2 Å². The van der Waals surface area contributed by atoms with Crippen molar-refractivity contribution in [2.45, 2.75) is 4.90 Å². The predicted octanol–water partition coefficient (Wildman–Crippen LogP) is 3.99. The summed E-state index contributed by atoms with van der Waals surface area (Å²) in [5, 5.41) is 4.24. The fourth-order valence-electron chi connectivity index (χ4n) is 1.93. The molecule has 9 heteroatoms. The average Bonchev–Trinajstić information content (AvgIpc) is 2.60. The van der Waals surface area contributed by atoms with Crippen LogP contribution < -0.4 is 14.3 Å². The van der Waals surface area contributed by atoms with Crippen molar-refractivity contribution in [3.8, 4) is 11.5 Å². The van der Waals surface area contributed by atoms with Gasteiger partial charge in [-0.2, -0.15) is 13.5 Å². The highest BCUT2D eigenvalue weighted by Gasteiger charge is 2.13. The predicted molar refractivity (Wildman–Crippen MR) is 106 cm³/mol. The van der Waals surface area contributed by atoms with Gasteiger partial charge in [0.25, 0.3) is 10.0 Å². The molecule has 0 radical (unpaired) electrons. The molecule has 2 rings (SSSR count). The van der Waals surface area contributed by atoms with E-state index in [1.165, 1.54) is 37.6 Å². The van der Waals surface area contributed by atoms with E-state index in [9.17, 15) is 8.42 Å². The first-order valence-corrected chi connectivity index (χ1v) is 9.94. The quantitative estimate of drug-likeness (QED) is 0.368. The Morgan fingerprint density at radius 1 is 1.31 bits per heavy atom. The van der Waals surface area contributed by atoms with Gasteiger partial charge in [-0.1, -0.05) is 24.3 Å². The molecule has 0 aromatic heterocycles. The maximum atomic E-state index is 12.2. The molecule has 0 saturated heterocycles. The number of methoxy groups -OCH3 is 1. The molecule has 2 aromatic carbocycles. The summed E-state index contributed by atoms with van der Waals surface area (Å²) in [5.41, 5.74) is 0.610. The van der Waals surface area contributed by atoms with Gasteiger partial charge in [0.1, 0.15) is 6.61 Å². The van der Waals surface area contributed by atoms with E-state index in [2.05, 4.69) is 32.4 Å². The van der Waals surface area contributed by atoms with E-state index >= 15 is 0 Å². The number of nitrogens with zero attached hydrogens (tertiary/aromatic N) is 1. The summed E-state index contributed by atoms with van der Waals surface area (Å²) >= 11 is 9.15. The topological polar surface area (TPSA) is 77.0 Å². The molecule has 0 heterocycles. The number of sulfonamides is 1. The Balaban J connectivity index is 2.18. The normalized spacial score (nSPS) is 11.3. The van der Waals surface area contributed by atoms with Crippen molar-refractivity contribution in [2.75, 3.05) is 13.7 Å². The fourth-order valence-corrected chi connectivity index (χ4v) is 3.42. The van der Waals surface area contributed by atoms with Crippen molar-refractivity contribution < 1.29 is 17.9 Å².